The van der Waals surface area contributed by atoms with Gasteiger partial charge in [0.2, 0.25) is 0 Å². The lowest BCUT2D eigenvalue weighted by Crippen LogP contribution is -2.29. The summed E-state index contributed by atoms with van der Waals surface area (Å²) in [4.78, 5) is 39.1. The number of aromatic nitrogens is 4. The molecule has 0 spiro atoms. The molecule has 9 nitrogen and oxygen atoms in total. The summed E-state index contributed by atoms with van der Waals surface area (Å²) in [5.74, 6) is 1.44. The third-order valence-electron chi connectivity index (χ3n) is 6.37. The quantitative estimate of drug-likeness (QED) is 0.244. The molecule has 0 fully saturated rings. The van der Waals surface area contributed by atoms with Crippen LogP contribution in [0.1, 0.15) is 21.7 Å². The monoisotopic (exact) mass is 500 g/mol. The zero-order valence-corrected chi connectivity index (χ0v) is 21.9. The number of imidazole rings is 1. The first kappa shape index (κ1) is 25.8. The van der Waals surface area contributed by atoms with Gasteiger partial charge >= 0.3 is 5.69 Å². The van der Waals surface area contributed by atoms with E-state index >= 15 is 0 Å². The van der Waals surface area contributed by atoms with Crippen LogP contribution in [0.4, 0.5) is 5.69 Å². The number of ketones is 1. The Morgan fingerprint density at radius 1 is 1.11 bits per heavy atom. The maximum Gasteiger partial charge on any atom is 0.334 e. The molecule has 0 aliphatic heterocycles. The third-order valence-corrected chi connectivity index (χ3v) is 6.37. The maximum atomic E-state index is 13.0. The van der Waals surface area contributed by atoms with Crippen molar-refractivity contribution in [2.75, 3.05) is 46.2 Å². The summed E-state index contributed by atoms with van der Waals surface area (Å²) in [6, 6.07) is 13.0. The number of para-hydroxylation sites is 2. The van der Waals surface area contributed by atoms with E-state index in [0.717, 1.165) is 35.4 Å². The highest BCUT2D eigenvalue weighted by Gasteiger charge is 2.19. The number of ether oxygens (including phenoxy) is 1. The Bertz CT molecular complexity index is 1520. The van der Waals surface area contributed by atoms with Crippen molar-refractivity contribution in [2.45, 2.75) is 6.42 Å². The highest BCUT2D eigenvalue weighted by atomic mass is 16.5. The van der Waals surface area contributed by atoms with Gasteiger partial charge in [-0.2, -0.15) is 0 Å². The molecule has 2 aromatic heterocycles. The molecule has 0 amide bonds. The molecule has 0 bridgehead atoms. The predicted molar refractivity (Wildman–Crippen MR) is 146 cm³/mol. The van der Waals surface area contributed by atoms with E-state index < -0.39 is 0 Å². The molecule has 0 aliphatic rings. The van der Waals surface area contributed by atoms with Gasteiger partial charge in [-0.3, -0.25) is 9.36 Å². The standard InChI is InChI=1S/C28H32N6O3/c1-7-24(35)20-16-19(25(37-6)18-23(20)32(4)15-14-31(2)3)17-26-29-13-12-27(30-26)34-22-11-9-8-10-21(22)33(5)28(34)36/h7-13,16,18H,1,14-15,17H2,2-6H3. The summed E-state index contributed by atoms with van der Waals surface area (Å²) in [6.45, 7) is 5.25. The van der Waals surface area contributed by atoms with Gasteiger partial charge < -0.3 is 14.5 Å². The molecule has 192 valence electrons. The van der Waals surface area contributed by atoms with Crippen LogP contribution in [-0.2, 0) is 13.5 Å². The number of fused-ring (bicyclic) bond motifs is 1. The van der Waals surface area contributed by atoms with Gasteiger partial charge in [0.25, 0.3) is 0 Å². The molecule has 2 heterocycles. The van der Waals surface area contributed by atoms with E-state index in [2.05, 4.69) is 16.5 Å². The lowest BCUT2D eigenvalue weighted by Gasteiger charge is -2.25. The molecular weight excluding hydrogens is 468 g/mol. The Balaban J connectivity index is 1.75. The van der Waals surface area contributed by atoms with Crippen LogP contribution in [0, 0.1) is 0 Å². The molecular formula is C28H32N6O3. The molecule has 0 saturated heterocycles. The first-order valence-electron chi connectivity index (χ1n) is 12.0. The van der Waals surface area contributed by atoms with Crippen LogP contribution >= 0.6 is 0 Å². The Kier molecular flexibility index (Phi) is 7.54. The van der Waals surface area contributed by atoms with Crippen LogP contribution in [0.15, 0.2) is 66.1 Å². The number of allylic oxidation sites excluding steroid dienone is 1. The first-order valence-corrected chi connectivity index (χ1v) is 12.0. The SMILES string of the molecule is C=CC(=O)c1cc(Cc2nccc(-n3c(=O)n(C)c4ccccc43)n2)c(OC)cc1N(C)CCN(C)C. The average Bonchev–Trinajstić information content (AvgIpc) is 3.16. The molecule has 0 saturated carbocycles. The molecule has 0 atom stereocenters. The van der Waals surface area contributed by atoms with Crippen molar-refractivity contribution in [3.8, 4) is 11.6 Å². The fraction of sp³-hybridized carbons (Fsp3) is 0.286. The van der Waals surface area contributed by atoms with Crippen molar-refractivity contribution in [1.29, 1.82) is 0 Å². The van der Waals surface area contributed by atoms with Crippen molar-refractivity contribution >= 4 is 22.5 Å². The first-order chi connectivity index (χ1) is 17.7. The second-order valence-corrected chi connectivity index (χ2v) is 9.15. The summed E-state index contributed by atoms with van der Waals surface area (Å²) in [7, 11) is 9.31. The third kappa shape index (κ3) is 5.17. The lowest BCUT2D eigenvalue weighted by molar-refractivity contribution is 0.104. The number of hydrogen-bond acceptors (Lipinski definition) is 7. The minimum atomic E-state index is -0.188. The van der Waals surface area contributed by atoms with Crippen LogP contribution < -0.4 is 15.3 Å². The van der Waals surface area contributed by atoms with Gasteiger partial charge in [-0.1, -0.05) is 18.7 Å². The lowest BCUT2D eigenvalue weighted by atomic mass is 10.0. The minimum absolute atomic E-state index is 0.174. The van der Waals surface area contributed by atoms with E-state index in [1.807, 2.05) is 62.4 Å². The normalized spacial score (nSPS) is 11.2. The van der Waals surface area contributed by atoms with E-state index in [1.165, 1.54) is 6.08 Å². The number of nitrogens with zero attached hydrogens (tertiary/aromatic N) is 6. The summed E-state index contributed by atoms with van der Waals surface area (Å²) in [5.41, 5.74) is 3.46. The number of hydrogen-bond donors (Lipinski definition) is 0. The minimum Gasteiger partial charge on any atom is -0.496 e. The van der Waals surface area contributed by atoms with E-state index in [9.17, 15) is 9.59 Å². The number of carbonyl (C=O) groups excluding carboxylic acids is 1. The second-order valence-electron chi connectivity index (χ2n) is 9.15. The zero-order chi connectivity index (χ0) is 26.7. The van der Waals surface area contributed by atoms with Gasteiger partial charge in [-0.25, -0.2) is 19.3 Å². The smallest absolute Gasteiger partial charge is 0.334 e. The molecule has 4 aromatic rings. The van der Waals surface area contributed by atoms with Gasteiger partial charge in [0, 0.05) is 57.0 Å². The second kappa shape index (κ2) is 10.8. The van der Waals surface area contributed by atoms with Crippen LogP contribution in [0.25, 0.3) is 16.9 Å². The number of methoxy groups -OCH3 is 1. The van der Waals surface area contributed by atoms with E-state index in [0.29, 0.717) is 29.4 Å². The number of rotatable bonds is 10. The van der Waals surface area contributed by atoms with Crippen molar-refractivity contribution in [1.82, 2.24) is 24.0 Å². The summed E-state index contributed by atoms with van der Waals surface area (Å²) >= 11 is 0. The number of benzene rings is 2. The van der Waals surface area contributed by atoms with Crippen LogP contribution in [-0.4, -0.2) is 71.1 Å². The number of anilines is 1. The molecule has 0 aliphatic carbocycles. The molecule has 37 heavy (non-hydrogen) atoms. The maximum absolute atomic E-state index is 13.0. The summed E-state index contributed by atoms with van der Waals surface area (Å²) in [5, 5.41) is 0. The van der Waals surface area contributed by atoms with Gasteiger partial charge in [-0.05, 0) is 44.4 Å². The fourth-order valence-corrected chi connectivity index (χ4v) is 4.32. The Morgan fingerprint density at radius 2 is 1.84 bits per heavy atom. The Labute approximate surface area is 216 Å². The summed E-state index contributed by atoms with van der Waals surface area (Å²) in [6.07, 6.45) is 3.27. The van der Waals surface area contributed by atoms with E-state index in [4.69, 9.17) is 9.72 Å². The van der Waals surface area contributed by atoms with Crippen LogP contribution in [0.5, 0.6) is 5.75 Å². The zero-order valence-electron chi connectivity index (χ0n) is 21.9. The number of likely N-dealkylation sites (N-methyl/N-ethyl adjacent to an activating group) is 2. The molecule has 0 N–H and O–H groups in total. The molecule has 4 rings (SSSR count). The molecule has 0 unspecified atom stereocenters. The molecule has 0 radical (unpaired) electrons. The van der Waals surface area contributed by atoms with Crippen molar-refractivity contribution in [3.05, 3.63) is 88.8 Å². The molecule has 2 aromatic carbocycles. The van der Waals surface area contributed by atoms with Crippen molar-refractivity contribution in [2.24, 2.45) is 7.05 Å². The number of carbonyl (C=O) groups is 1. The highest BCUT2D eigenvalue weighted by Crippen LogP contribution is 2.31. The van der Waals surface area contributed by atoms with Crippen LogP contribution in [0.3, 0.4) is 0 Å². The Morgan fingerprint density at radius 3 is 2.51 bits per heavy atom. The van der Waals surface area contributed by atoms with Crippen molar-refractivity contribution < 1.29 is 9.53 Å². The van der Waals surface area contributed by atoms with E-state index in [1.54, 1.807) is 35.6 Å². The predicted octanol–water partition coefficient (Wildman–Crippen LogP) is 3.09. The molecule has 9 heteroatoms. The number of aryl methyl sites for hydroxylation is 1. The summed E-state index contributed by atoms with van der Waals surface area (Å²) < 4.78 is 8.88. The van der Waals surface area contributed by atoms with Crippen LogP contribution in [0.2, 0.25) is 0 Å². The average molecular weight is 501 g/mol. The fourth-order valence-electron chi connectivity index (χ4n) is 4.32. The van der Waals surface area contributed by atoms with Gasteiger partial charge in [-0.15, -0.1) is 0 Å². The topological polar surface area (TPSA) is 85.5 Å². The van der Waals surface area contributed by atoms with Gasteiger partial charge in [0.05, 0.1) is 23.8 Å². The van der Waals surface area contributed by atoms with Gasteiger partial charge in [0.15, 0.2) is 5.78 Å². The van der Waals surface area contributed by atoms with Crippen molar-refractivity contribution in [3.63, 3.8) is 0 Å². The van der Waals surface area contributed by atoms with E-state index in [-0.39, 0.29) is 11.5 Å². The largest absolute Gasteiger partial charge is 0.496 e. The van der Waals surface area contributed by atoms with Gasteiger partial charge in [0.1, 0.15) is 17.4 Å². The highest BCUT2D eigenvalue weighted by molar-refractivity contribution is 6.08. The Hall–Kier alpha value is -4.24.